The fourth-order valence-corrected chi connectivity index (χ4v) is 6.70. The van der Waals surface area contributed by atoms with E-state index in [1.807, 2.05) is 0 Å². The average Bonchev–Trinajstić information content (AvgIpc) is 3.06. The molecule has 128 valence electrons. The summed E-state index contributed by atoms with van der Waals surface area (Å²) in [6, 6.07) is 0. The maximum Gasteiger partial charge on any atom is 0.321 e. The Morgan fingerprint density at radius 2 is 1.17 bits per heavy atom. The highest BCUT2D eigenvalue weighted by Crippen LogP contribution is 2.67. The molecule has 0 amide bonds. The SMILES string of the molecule is CC1=C2CC[C@H](C)[C@]23C(=O)O[C@H]1[C@]12C(=O)O[C@H]3C(C)=C1CC[C@@H]2C. The first-order chi connectivity index (χ1) is 11.4. The van der Waals surface area contributed by atoms with Gasteiger partial charge in [0.25, 0.3) is 0 Å². The molecule has 6 atom stereocenters. The first kappa shape index (κ1) is 14.7. The molecule has 0 N–H and O–H groups in total. The van der Waals surface area contributed by atoms with E-state index in [1.54, 1.807) is 0 Å². The summed E-state index contributed by atoms with van der Waals surface area (Å²) in [5.74, 6) is -0.0534. The molecular weight excluding hydrogens is 304 g/mol. The number of carbonyl (C=O) groups is 2. The van der Waals surface area contributed by atoms with Crippen molar-refractivity contribution in [3.63, 3.8) is 0 Å². The summed E-state index contributed by atoms with van der Waals surface area (Å²) >= 11 is 0. The van der Waals surface area contributed by atoms with Crippen molar-refractivity contribution in [2.24, 2.45) is 22.7 Å². The number of carbonyl (C=O) groups excluding carboxylic acids is 2. The van der Waals surface area contributed by atoms with Gasteiger partial charge in [0.2, 0.25) is 0 Å². The monoisotopic (exact) mass is 328 g/mol. The zero-order valence-corrected chi connectivity index (χ0v) is 14.8. The zero-order chi connectivity index (χ0) is 17.0. The topological polar surface area (TPSA) is 52.6 Å². The van der Waals surface area contributed by atoms with Crippen molar-refractivity contribution in [1.29, 1.82) is 0 Å². The lowest BCUT2D eigenvalue weighted by atomic mass is 9.56. The van der Waals surface area contributed by atoms with Crippen LogP contribution in [-0.4, -0.2) is 24.1 Å². The maximum absolute atomic E-state index is 13.3. The quantitative estimate of drug-likeness (QED) is 0.506. The van der Waals surface area contributed by atoms with Crippen LogP contribution in [0.2, 0.25) is 0 Å². The Morgan fingerprint density at radius 3 is 1.54 bits per heavy atom. The largest absolute Gasteiger partial charge is 0.455 e. The Kier molecular flexibility index (Phi) is 2.55. The molecule has 2 spiro atoms. The summed E-state index contributed by atoms with van der Waals surface area (Å²) in [7, 11) is 0. The van der Waals surface area contributed by atoms with Crippen LogP contribution < -0.4 is 0 Å². The molecule has 0 aromatic carbocycles. The normalized spacial score (nSPS) is 49.0. The van der Waals surface area contributed by atoms with E-state index in [0.717, 1.165) is 36.8 Å². The van der Waals surface area contributed by atoms with E-state index in [9.17, 15) is 9.59 Å². The molecule has 2 saturated carbocycles. The molecule has 5 heterocycles. The van der Waals surface area contributed by atoms with Crippen LogP contribution in [0.4, 0.5) is 0 Å². The fraction of sp³-hybridized carbons (Fsp3) is 0.700. The Bertz CT molecular complexity index is 696. The zero-order valence-electron chi connectivity index (χ0n) is 14.8. The number of rotatable bonds is 0. The molecule has 8 rings (SSSR count). The van der Waals surface area contributed by atoms with Crippen LogP contribution >= 0.6 is 0 Å². The van der Waals surface area contributed by atoms with Crippen molar-refractivity contribution in [1.82, 2.24) is 0 Å². The Balaban J connectivity index is 1.92. The van der Waals surface area contributed by atoms with E-state index in [0.29, 0.717) is 0 Å². The van der Waals surface area contributed by atoms with Crippen molar-refractivity contribution in [2.75, 3.05) is 0 Å². The van der Waals surface area contributed by atoms with Crippen molar-refractivity contribution >= 4 is 11.9 Å². The molecule has 0 aromatic heterocycles. The van der Waals surface area contributed by atoms with E-state index >= 15 is 0 Å². The highest BCUT2D eigenvalue weighted by Gasteiger charge is 2.73. The predicted octanol–water partition coefficient (Wildman–Crippen LogP) is 3.32. The van der Waals surface area contributed by atoms with Crippen LogP contribution in [0, 0.1) is 22.7 Å². The van der Waals surface area contributed by atoms with Gasteiger partial charge in [-0.25, -0.2) is 0 Å². The second-order valence-corrected chi connectivity index (χ2v) is 8.51. The average molecular weight is 328 g/mol. The third kappa shape index (κ3) is 1.19. The summed E-state index contributed by atoms with van der Waals surface area (Å²) in [6.45, 7) is 8.38. The summed E-state index contributed by atoms with van der Waals surface area (Å²) in [4.78, 5) is 26.5. The lowest BCUT2D eigenvalue weighted by Gasteiger charge is -2.56. The van der Waals surface area contributed by atoms with E-state index in [4.69, 9.17) is 9.47 Å². The predicted molar refractivity (Wildman–Crippen MR) is 86.8 cm³/mol. The molecule has 8 aliphatic rings. The first-order valence-electron chi connectivity index (χ1n) is 9.20. The van der Waals surface area contributed by atoms with Gasteiger partial charge in [-0.2, -0.15) is 0 Å². The highest BCUT2D eigenvalue weighted by atomic mass is 16.6. The molecule has 4 nitrogen and oxygen atoms in total. The van der Waals surface area contributed by atoms with E-state index in [1.165, 1.54) is 11.1 Å². The minimum Gasteiger partial charge on any atom is -0.455 e. The van der Waals surface area contributed by atoms with Crippen molar-refractivity contribution in [3.8, 4) is 0 Å². The fourth-order valence-electron chi connectivity index (χ4n) is 6.70. The molecule has 0 radical (unpaired) electrons. The molecule has 5 aliphatic heterocycles. The first-order valence-corrected chi connectivity index (χ1v) is 9.20. The van der Waals surface area contributed by atoms with Gasteiger partial charge < -0.3 is 9.47 Å². The minimum atomic E-state index is -0.786. The van der Waals surface area contributed by atoms with E-state index < -0.39 is 23.0 Å². The standard InChI is InChI=1S/C20H24O4/c1-9-5-7-13-11(3)16-20-10(2)6-8-14(20)12(4)15(23-18(20)22)19(9,13)17(21)24-16/h9-10,15-16H,5-8H2,1-4H3/t9-,10-,15-,16+,19-,20+/m0/s1. The number of hydrogen-bond acceptors (Lipinski definition) is 4. The Labute approximate surface area is 142 Å². The van der Waals surface area contributed by atoms with Gasteiger partial charge in [0.15, 0.2) is 0 Å². The van der Waals surface area contributed by atoms with Crippen molar-refractivity contribution in [2.45, 2.75) is 65.6 Å². The second-order valence-electron chi connectivity index (χ2n) is 8.51. The van der Waals surface area contributed by atoms with Gasteiger partial charge in [0.1, 0.15) is 23.0 Å². The molecular formula is C20H24O4. The lowest BCUT2D eigenvalue weighted by Crippen LogP contribution is -2.65. The van der Waals surface area contributed by atoms with Gasteiger partial charge >= 0.3 is 11.9 Å². The Morgan fingerprint density at radius 1 is 0.792 bits per heavy atom. The van der Waals surface area contributed by atoms with Crippen molar-refractivity contribution < 1.29 is 19.1 Å². The van der Waals surface area contributed by atoms with Crippen molar-refractivity contribution in [3.05, 3.63) is 22.3 Å². The molecule has 3 fully saturated rings. The second kappa shape index (κ2) is 4.14. The van der Waals surface area contributed by atoms with Gasteiger partial charge in [-0.3, -0.25) is 9.59 Å². The lowest BCUT2D eigenvalue weighted by molar-refractivity contribution is -0.205. The van der Waals surface area contributed by atoms with E-state index in [-0.39, 0.29) is 23.8 Å². The molecule has 24 heavy (non-hydrogen) atoms. The van der Waals surface area contributed by atoms with Crippen LogP contribution in [-0.2, 0) is 19.1 Å². The highest BCUT2D eigenvalue weighted by molar-refractivity contribution is 5.93. The Hall–Kier alpha value is -1.58. The van der Waals surface area contributed by atoms with Crippen LogP contribution in [0.15, 0.2) is 22.3 Å². The summed E-state index contributed by atoms with van der Waals surface area (Å²) in [5, 5.41) is 0. The van der Waals surface area contributed by atoms with E-state index in [2.05, 4.69) is 27.7 Å². The third-order valence-electron chi connectivity index (χ3n) is 7.90. The number of esters is 2. The maximum atomic E-state index is 13.3. The van der Waals surface area contributed by atoms with Gasteiger partial charge in [-0.15, -0.1) is 0 Å². The summed E-state index contributed by atoms with van der Waals surface area (Å²) in [6.07, 6.45) is 2.78. The summed E-state index contributed by atoms with van der Waals surface area (Å²) < 4.78 is 12.1. The molecule has 1 saturated heterocycles. The smallest absolute Gasteiger partial charge is 0.321 e. The summed E-state index contributed by atoms with van der Waals surface area (Å²) in [5.41, 5.74) is 3.08. The number of hydrogen-bond donors (Lipinski definition) is 0. The van der Waals surface area contributed by atoms with Gasteiger partial charge in [-0.1, -0.05) is 13.8 Å². The van der Waals surface area contributed by atoms with Crippen LogP contribution in [0.25, 0.3) is 0 Å². The number of ether oxygens (including phenoxy) is 2. The van der Waals surface area contributed by atoms with Gasteiger partial charge in [0, 0.05) is 0 Å². The minimum absolute atomic E-state index is 0.133. The molecule has 4 bridgehead atoms. The van der Waals surface area contributed by atoms with Gasteiger partial charge in [0.05, 0.1) is 0 Å². The molecule has 0 aromatic rings. The van der Waals surface area contributed by atoms with Crippen LogP contribution in [0.1, 0.15) is 53.4 Å². The third-order valence-corrected chi connectivity index (χ3v) is 7.90. The molecule has 4 heteroatoms. The molecule has 3 aliphatic carbocycles. The van der Waals surface area contributed by atoms with Crippen LogP contribution in [0.5, 0.6) is 0 Å². The van der Waals surface area contributed by atoms with Crippen LogP contribution in [0.3, 0.4) is 0 Å². The van der Waals surface area contributed by atoms with Gasteiger partial charge in [-0.05, 0) is 73.7 Å². The molecule has 0 unspecified atom stereocenters.